The molecule has 0 atom stereocenters. The van der Waals surface area contributed by atoms with Crippen molar-refractivity contribution in [3.8, 4) is 28.5 Å². The Morgan fingerprint density at radius 1 is 1.05 bits per heavy atom. The molecule has 0 amide bonds. The third-order valence-electron chi connectivity index (χ3n) is 3.05. The third-order valence-corrected chi connectivity index (χ3v) is 3.05. The van der Waals surface area contributed by atoms with Crippen molar-refractivity contribution in [3.63, 3.8) is 0 Å². The van der Waals surface area contributed by atoms with Crippen molar-refractivity contribution >= 4 is 5.69 Å². The van der Waals surface area contributed by atoms with Gasteiger partial charge in [0.2, 0.25) is 5.89 Å². The van der Waals surface area contributed by atoms with E-state index in [9.17, 15) is 0 Å². The second kappa shape index (κ2) is 5.09. The van der Waals surface area contributed by atoms with Gasteiger partial charge in [-0.2, -0.15) is 0 Å². The minimum atomic E-state index is 0.578. The highest BCUT2D eigenvalue weighted by Crippen LogP contribution is 2.29. The normalized spacial score (nSPS) is 10.4. The summed E-state index contributed by atoms with van der Waals surface area (Å²) < 4.78 is 10.7. The number of methoxy groups -OCH3 is 1. The van der Waals surface area contributed by atoms with Crippen LogP contribution in [0.25, 0.3) is 22.7 Å². The summed E-state index contributed by atoms with van der Waals surface area (Å²) in [6.07, 6.45) is 1.63. The van der Waals surface area contributed by atoms with Crippen molar-refractivity contribution in [2.75, 3.05) is 12.8 Å². The first-order valence-corrected chi connectivity index (χ1v) is 6.23. The average molecular weight is 266 g/mol. The highest BCUT2D eigenvalue weighted by Gasteiger charge is 2.09. The third kappa shape index (κ3) is 2.23. The van der Waals surface area contributed by atoms with Crippen molar-refractivity contribution in [1.82, 2.24) is 4.98 Å². The summed E-state index contributed by atoms with van der Waals surface area (Å²) in [7, 11) is 1.59. The molecule has 0 bridgehead atoms. The van der Waals surface area contributed by atoms with Crippen LogP contribution in [0.4, 0.5) is 5.69 Å². The summed E-state index contributed by atoms with van der Waals surface area (Å²) in [5.41, 5.74) is 9.07. The first kappa shape index (κ1) is 12.3. The van der Waals surface area contributed by atoms with E-state index in [-0.39, 0.29) is 0 Å². The predicted molar refractivity (Wildman–Crippen MR) is 78.3 cm³/mol. The lowest BCUT2D eigenvalue weighted by atomic mass is 10.1. The molecule has 2 aromatic carbocycles. The number of anilines is 1. The van der Waals surface area contributed by atoms with Crippen LogP contribution in [0.15, 0.2) is 59.2 Å². The molecule has 1 aromatic heterocycles. The SMILES string of the molecule is COc1ccc(-c2coc(-c3ccccc3)n2)cc1N. The quantitative estimate of drug-likeness (QED) is 0.736. The Hall–Kier alpha value is -2.75. The van der Waals surface area contributed by atoms with Gasteiger partial charge in [-0.05, 0) is 30.3 Å². The Balaban J connectivity index is 1.96. The van der Waals surface area contributed by atoms with Gasteiger partial charge in [-0.3, -0.25) is 0 Å². The van der Waals surface area contributed by atoms with Gasteiger partial charge in [0.15, 0.2) is 0 Å². The van der Waals surface area contributed by atoms with Crippen molar-refractivity contribution in [2.24, 2.45) is 0 Å². The predicted octanol–water partition coefficient (Wildman–Crippen LogP) is 3.60. The first-order valence-electron chi connectivity index (χ1n) is 6.23. The number of aromatic nitrogens is 1. The molecule has 100 valence electrons. The zero-order valence-corrected chi connectivity index (χ0v) is 11.0. The molecule has 0 radical (unpaired) electrons. The second-order valence-electron chi connectivity index (χ2n) is 4.36. The molecule has 0 spiro atoms. The lowest BCUT2D eigenvalue weighted by molar-refractivity contribution is 0.417. The molecule has 2 N–H and O–H groups in total. The number of ether oxygens (including phenoxy) is 1. The molecule has 4 heteroatoms. The van der Waals surface area contributed by atoms with Crippen molar-refractivity contribution in [2.45, 2.75) is 0 Å². The maximum atomic E-state index is 5.90. The number of nitrogens with two attached hydrogens (primary N) is 1. The maximum Gasteiger partial charge on any atom is 0.226 e. The summed E-state index contributed by atoms with van der Waals surface area (Å²) in [6.45, 7) is 0. The van der Waals surface area contributed by atoms with Crippen molar-refractivity contribution < 1.29 is 9.15 Å². The number of hydrogen-bond donors (Lipinski definition) is 1. The van der Waals surface area contributed by atoms with Crippen LogP contribution >= 0.6 is 0 Å². The monoisotopic (exact) mass is 266 g/mol. The fraction of sp³-hybridized carbons (Fsp3) is 0.0625. The second-order valence-corrected chi connectivity index (χ2v) is 4.36. The zero-order valence-electron chi connectivity index (χ0n) is 11.0. The minimum absolute atomic E-state index is 0.578. The molecule has 0 saturated heterocycles. The molecule has 0 unspecified atom stereocenters. The van der Waals surface area contributed by atoms with E-state index in [4.69, 9.17) is 14.9 Å². The molecule has 0 aliphatic heterocycles. The highest BCUT2D eigenvalue weighted by molar-refractivity contribution is 5.69. The van der Waals surface area contributed by atoms with E-state index in [2.05, 4.69) is 4.98 Å². The molecule has 0 fully saturated rings. The Kier molecular flexibility index (Phi) is 3.13. The number of oxazole rings is 1. The van der Waals surface area contributed by atoms with E-state index in [1.807, 2.05) is 48.5 Å². The van der Waals surface area contributed by atoms with Gasteiger partial charge in [-0.1, -0.05) is 18.2 Å². The average Bonchev–Trinajstić information content (AvgIpc) is 2.98. The summed E-state index contributed by atoms with van der Waals surface area (Å²) >= 11 is 0. The minimum Gasteiger partial charge on any atom is -0.495 e. The molecule has 1 heterocycles. The van der Waals surface area contributed by atoms with Gasteiger partial charge in [0, 0.05) is 11.1 Å². The van der Waals surface area contributed by atoms with Crippen molar-refractivity contribution in [3.05, 3.63) is 54.8 Å². The van der Waals surface area contributed by atoms with Crippen LogP contribution in [-0.2, 0) is 0 Å². The van der Waals surface area contributed by atoms with Crippen LogP contribution in [-0.4, -0.2) is 12.1 Å². The van der Waals surface area contributed by atoms with Gasteiger partial charge in [-0.25, -0.2) is 4.98 Å². The zero-order chi connectivity index (χ0) is 13.9. The van der Waals surface area contributed by atoms with Crippen LogP contribution in [0.1, 0.15) is 0 Å². The molecule has 3 rings (SSSR count). The maximum absolute atomic E-state index is 5.90. The Morgan fingerprint density at radius 2 is 1.85 bits per heavy atom. The van der Waals surface area contributed by atoms with E-state index in [1.54, 1.807) is 13.4 Å². The van der Waals surface area contributed by atoms with Gasteiger partial charge < -0.3 is 14.9 Å². The molecule has 20 heavy (non-hydrogen) atoms. The molecule has 3 aromatic rings. The number of hydrogen-bond acceptors (Lipinski definition) is 4. The van der Waals surface area contributed by atoms with Crippen LogP contribution < -0.4 is 10.5 Å². The van der Waals surface area contributed by atoms with Gasteiger partial charge in [0.25, 0.3) is 0 Å². The van der Waals surface area contributed by atoms with E-state index in [0.29, 0.717) is 17.3 Å². The highest BCUT2D eigenvalue weighted by atomic mass is 16.5. The van der Waals surface area contributed by atoms with Crippen LogP contribution in [0, 0.1) is 0 Å². The van der Waals surface area contributed by atoms with Crippen molar-refractivity contribution in [1.29, 1.82) is 0 Å². The van der Waals surface area contributed by atoms with Crippen LogP contribution in [0.5, 0.6) is 5.75 Å². The Labute approximate surface area is 116 Å². The van der Waals surface area contributed by atoms with E-state index >= 15 is 0 Å². The van der Waals surface area contributed by atoms with E-state index < -0.39 is 0 Å². The summed E-state index contributed by atoms with van der Waals surface area (Å²) in [5, 5.41) is 0. The summed E-state index contributed by atoms with van der Waals surface area (Å²) in [6, 6.07) is 15.3. The van der Waals surface area contributed by atoms with Gasteiger partial charge in [-0.15, -0.1) is 0 Å². The molecule has 4 nitrogen and oxygen atoms in total. The summed E-state index contributed by atoms with van der Waals surface area (Å²) in [5.74, 6) is 1.25. The molecular weight excluding hydrogens is 252 g/mol. The number of benzene rings is 2. The lowest BCUT2D eigenvalue weighted by Crippen LogP contribution is -1.92. The molecular formula is C16H14N2O2. The Morgan fingerprint density at radius 3 is 2.55 bits per heavy atom. The first-order chi connectivity index (χ1) is 9.78. The fourth-order valence-electron chi connectivity index (χ4n) is 2.01. The Bertz CT molecular complexity index is 720. The van der Waals surface area contributed by atoms with Crippen LogP contribution in [0.2, 0.25) is 0 Å². The van der Waals surface area contributed by atoms with Crippen LogP contribution in [0.3, 0.4) is 0 Å². The molecule has 0 aliphatic carbocycles. The van der Waals surface area contributed by atoms with E-state index in [1.165, 1.54) is 0 Å². The molecule has 0 aliphatic rings. The van der Waals surface area contributed by atoms with E-state index in [0.717, 1.165) is 16.8 Å². The molecule has 0 saturated carbocycles. The number of nitrogen functional groups attached to an aromatic ring is 1. The number of nitrogens with zero attached hydrogens (tertiary/aromatic N) is 1. The van der Waals surface area contributed by atoms with Gasteiger partial charge >= 0.3 is 0 Å². The van der Waals surface area contributed by atoms with Gasteiger partial charge in [0.1, 0.15) is 17.7 Å². The fourth-order valence-corrected chi connectivity index (χ4v) is 2.01. The number of rotatable bonds is 3. The summed E-state index contributed by atoms with van der Waals surface area (Å²) in [4.78, 5) is 4.48. The largest absolute Gasteiger partial charge is 0.495 e. The smallest absolute Gasteiger partial charge is 0.226 e. The topological polar surface area (TPSA) is 61.3 Å². The standard InChI is InChI=1S/C16H14N2O2/c1-19-15-8-7-12(9-13(15)17)14-10-20-16(18-14)11-5-3-2-4-6-11/h2-10H,17H2,1H3. The van der Waals surface area contributed by atoms with Gasteiger partial charge in [0.05, 0.1) is 12.8 Å². The lowest BCUT2D eigenvalue weighted by Gasteiger charge is -2.04.